The zero-order chi connectivity index (χ0) is 19.7. The fourth-order valence-corrected chi connectivity index (χ4v) is 4.04. The van der Waals surface area contributed by atoms with Gasteiger partial charge in [-0.15, -0.1) is 0 Å². The van der Waals surface area contributed by atoms with Gasteiger partial charge in [-0.05, 0) is 37.5 Å². The molecule has 1 atom stereocenters. The molecule has 3 aromatic rings. The average molecular weight is 377 g/mol. The maximum atomic E-state index is 12.3. The van der Waals surface area contributed by atoms with Gasteiger partial charge in [0, 0.05) is 18.0 Å². The molecule has 6 heteroatoms. The highest BCUT2D eigenvalue weighted by Crippen LogP contribution is 2.36. The third-order valence-corrected chi connectivity index (χ3v) is 5.43. The van der Waals surface area contributed by atoms with Crippen molar-refractivity contribution in [3.63, 3.8) is 0 Å². The van der Waals surface area contributed by atoms with Crippen LogP contribution in [0, 0.1) is 0 Å². The van der Waals surface area contributed by atoms with Crippen LogP contribution < -0.4 is 4.90 Å². The zero-order valence-corrected chi connectivity index (χ0v) is 16.1. The number of benzene rings is 2. The number of rotatable bonds is 4. The van der Waals surface area contributed by atoms with Crippen LogP contribution >= 0.6 is 0 Å². The highest BCUT2D eigenvalue weighted by Gasteiger charge is 2.31. The number of imidazole rings is 1. The number of ether oxygens (including phenoxy) is 1. The normalized spacial score (nSPS) is 16.1. The van der Waals surface area contributed by atoms with E-state index in [1.54, 1.807) is 4.90 Å². The number of methoxy groups -OCH3 is 1. The molecular formula is C22H23N3O3. The highest BCUT2D eigenvalue weighted by atomic mass is 16.5. The predicted molar refractivity (Wildman–Crippen MR) is 108 cm³/mol. The van der Waals surface area contributed by atoms with Gasteiger partial charge in [-0.25, -0.2) is 9.78 Å². The summed E-state index contributed by atoms with van der Waals surface area (Å²) in [7, 11) is 1.40. The van der Waals surface area contributed by atoms with Crippen molar-refractivity contribution in [2.45, 2.75) is 38.8 Å². The minimum Gasteiger partial charge on any atom is -0.452 e. The van der Waals surface area contributed by atoms with Crippen LogP contribution in [-0.4, -0.2) is 35.1 Å². The summed E-state index contributed by atoms with van der Waals surface area (Å²) in [6.07, 6.45) is 2.87. The molecule has 1 amide bonds. The third-order valence-electron chi connectivity index (χ3n) is 5.43. The molecule has 0 bridgehead atoms. The molecule has 0 spiro atoms. The predicted octanol–water partition coefficient (Wildman–Crippen LogP) is 3.73. The van der Waals surface area contributed by atoms with E-state index in [1.165, 1.54) is 7.11 Å². The van der Waals surface area contributed by atoms with Crippen LogP contribution in [0.2, 0.25) is 0 Å². The molecule has 28 heavy (non-hydrogen) atoms. The lowest BCUT2D eigenvalue weighted by Gasteiger charge is -2.34. The number of hydrogen-bond donors (Lipinski definition) is 0. The van der Waals surface area contributed by atoms with Crippen LogP contribution in [0.15, 0.2) is 42.5 Å². The minimum absolute atomic E-state index is 0.0678. The molecule has 1 aromatic heterocycles. The van der Waals surface area contributed by atoms with Crippen LogP contribution in [0.25, 0.3) is 11.0 Å². The van der Waals surface area contributed by atoms with Crippen molar-refractivity contribution in [1.82, 2.24) is 9.55 Å². The first-order valence-corrected chi connectivity index (χ1v) is 9.49. The Morgan fingerprint density at radius 1 is 1.25 bits per heavy atom. The quantitative estimate of drug-likeness (QED) is 0.650. The number of carbonyl (C=O) groups is 2. The molecule has 144 valence electrons. The van der Waals surface area contributed by atoms with E-state index >= 15 is 0 Å². The van der Waals surface area contributed by atoms with E-state index in [9.17, 15) is 9.59 Å². The molecular weight excluding hydrogens is 354 g/mol. The number of amides is 1. The van der Waals surface area contributed by atoms with E-state index in [0.29, 0.717) is 6.42 Å². The van der Waals surface area contributed by atoms with Crippen molar-refractivity contribution in [2.24, 2.45) is 0 Å². The molecule has 0 saturated carbocycles. The molecule has 2 aromatic carbocycles. The largest absolute Gasteiger partial charge is 0.452 e. The number of anilines is 1. The molecule has 0 fully saturated rings. The number of fused-ring (bicyclic) bond motifs is 3. The fourth-order valence-electron chi connectivity index (χ4n) is 4.04. The number of aryl methyl sites for hydroxylation is 1. The van der Waals surface area contributed by atoms with E-state index in [2.05, 4.69) is 12.1 Å². The lowest BCUT2D eigenvalue weighted by atomic mass is 9.96. The summed E-state index contributed by atoms with van der Waals surface area (Å²) in [5.41, 5.74) is 4.82. The summed E-state index contributed by atoms with van der Waals surface area (Å²) in [6.45, 7) is 2.28. The first-order chi connectivity index (χ1) is 13.6. The maximum absolute atomic E-state index is 12.3. The molecule has 1 aliphatic rings. The summed E-state index contributed by atoms with van der Waals surface area (Å²) < 4.78 is 6.96. The molecule has 6 nitrogen and oxygen atoms in total. The van der Waals surface area contributed by atoms with Gasteiger partial charge in [0.2, 0.25) is 0 Å². The number of aldehydes is 1. The highest BCUT2D eigenvalue weighted by molar-refractivity contribution is 5.95. The van der Waals surface area contributed by atoms with Gasteiger partial charge >= 0.3 is 6.09 Å². The van der Waals surface area contributed by atoms with E-state index in [-0.39, 0.29) is 18.7 Å². The van der Waals surface area contributed by atoms with E-state index in [1.807, 2.05) is 41.8 Å². The SMILES string of the molecule is COC(=O)N1c2ccc3c(nc(Cc4ccccc4)n3CC=O)c2CCC1C. The van der Waals surface area contributed by atoms with Gasteiger partial charge in [0.1, 0.15) is 12.1 Å². The number of hydrogen-bond acceptors (Lipinski definition) is 4. The van der Waals surface area contributed by atoms with E-state index in [4.69, 9.17) is 9.72 Å². The van der Waals surface area contributed by atoms with Crippen molar-refractivity contribution < 1.29 is 14.3 Å². The topological polar surface area (TPSA) is 64.4 Å². The fraction of sp³-hybridized carbons (Fsp3) is 0.318. The van der Waals surface area contributed by atoms with Gasteiger partial charge in [-0.2, -0.15) is 0 Å². The summed E-state index contributed by atoms with van der Waals surface area (Å²) in [4.78, 5) is 30.3. The lowest BCUT2D eigenvalue weighted by Crippen LogP contribution is -2.42. The summed E-state index contributed by atoms with van der Waals surface area (Å²) in [5, 5.41) is 0. The van der Waals surface area contributed by atoms with Gasteiger partial charge in [0.05, 0.1) is 30.4 Å². The monoisotopic (exact) mass is 377 g/mol. The Morgan fingerprint density at radius 2 is 2.04 bits per heavy atom. The molecule has 0 radical (unpaired) electrons. The number of nitrogens with zero attached hydrogens (tertiary/aromatic N) is 3. The number of carbonyl (C=O) groups excluding carboxylic acids is 2. The first kappa shape index (κ1) is 18.2. The van der Waals surface area contributed by atoms with Gasteiger partial charge in [0.25, 0.3) is 0 Å². The Kier molecular flexibility index (Phi) is 4.86. The first-order valence-electron chi connectivity index (χ1n) is 9.49. The van der Waals surface area contributed by atoms with Gasteiger partial charge in [0.15, 0.2) is 0 Å². The standard InChI is InChI=1S/C22H23N3O3/c1-15-8-9-17-18(25(15)22(27)28-2)10-11-19-21(17)23-20(24(19)12-13-26)14-16-6-4-3-5-7-16/h3-7,10-11,13,15H,8-9,12,14H2,1-2H3. The van der Waals surface area contributed by atoms with Crippen LogP contribution in [0.3, 0.4) is 0 Å². The third kappa shape index (κ3) is 3.05. The molecule has 2 heterocycles. The van der Waals surface area contributed by atoms with Crippen molar-refractivity contribution in [3.05, 3.63) is 59.4 Å². The van der Waals surface area contributed by atoms with Crippen LogP contribution in [0.5, 0.6) is 0 Å². The number of aromatic nitrogens is 2. The summed E-state index contributed by atoms with van der Waals surface area (Å²) in [6, 6.07) is 14.1. The molecule has 0 aliphatic carbocycles. The van der Waals surface area contributed by atoms with Crippen LogP contribution in [-0.2, 0) is 28.9 Å². The average Bonchev–Trinajstić information content (AvgIpc) is 3.05. The molecule has 4 rings (SSSR count). The second kappa shape index (κ2) is 7.46. The van der Waals surface area contributed by atoms with Gasteiger partial charge in [-0.3, -0.25) is 4.90 Å². The van der Waals surface area contributed by atoms with E-state index < -0.39 is 0 Å². The second-order valence-electron chi connectivity index (χ2n) is 7.13. The van der Waals surface area contributed by atoms with Crippen LogP contribution in [0.1, 0.15) is 30.3 Å². The maximum Gasteiger partial charge on any atom is 0.414 e. The summed E-state index contributed by atoms with van der Waals surface area (Å²) in [5.74, 6) is 0.852. The van der Waals surface area contributed by atoms with Gasteiger partial charge in [-0.1, -0.05) is 30.3 Å². The minimum atomic E-state index is -0.357. The second-order valence-corrected chi connectivity index (χ2v) is 7.13. The van der Waals surface area contributed by atoms with Gasteiger partial charge < -0.3 is 14.1 Å². The Hall–Kier alpha value is -3.15. The van der Waals surface area contributed by atoms with E-state index in [0.717, 1.165) is 52.8 Å². The van der Waals surface area contributed by atoms with Crippen molar-refractivity contribution in [3.8, 4) is 0 Å². The molecule has 0 saturated heterocycles. The Bertz CT molecular complexity index is 1030. The zero-order valence-electron chi connectivity index (χ0n) is 16.1. The van der Waals surface area contributed by atoms with Crippen LogP contribution in [0.4, 0.5) is 10.5 Å². The molecule has 1 aliphatic heterocycles. The Balaban J connectivity index is 1.86. The van der Waals surface area contributed by atoms with Crippen molar-refractivity contribution in [1.29, 1.82) is 0 Å². The molecule has 1 unspecified atom stereocenters. The Labute approximate surface area is 163 Å². The summed E-state index contributed by atoms with van der Waals surface area (Å²) >= 11 is 0. The Morgan fingerprint density at radius 3 is 2.75 bits per heavy atom. The smallest absolute Gasteiger partial charge is 0.414 e. The van der Waals surface area contributed by atoms with Crippen molar-refractivity contribution in [2.75, 3.05) is 12.0 Å². The lowest BCUT2D eigenvalue weighted by molar-refractivity contribution is -0.108. The molecule has 0 N–H and O–H groups in total. The van der Waals surface area contributed by atoms with Crippen molar-refractivity contribution >= 4 is 29.1 Å².